The number of carboxylic acid groups (broad SMARTS) is 1. The Morgan fingerprint density at radius 2 is 1.96 bits per heavy atom. The normalized spacial score (nSPS) is 15.0. The van der Waals surface area contributed by atoms with Crippen LogP contribution in [0.15, 0.2) is 0 Å². The minimum Gasteiger partial charge on any atom is -0.478 e. The number of aromatic nitrogens is 1. The highest BCUT2D eigenvalue weighted by atomic mass is 32.2. The van der Waals surface area contributed by atoms with Crippen LogP contribution >= 0.6 is 11.8 Å². The van der Waals surface area contributed by atoms with Crippen molar-refractivity contribution in [1.82, 2.24) is 4.98 Å². The van der Waals surface area contributed by atoms with Gasteiger partial charge in [0.05, 0.1) is 10.6 Å². The second-order valence-corrected chi connectivity index (χ2v) is 6.18. The van der Waals surface area contributed by atoms with Crippen LogP contribution in [-0.4, -0.2) is 27.4 Å². The van der Waals surface area contributed by atoms with Gasteiger partial charge in [0.15, 0.2) is 5.69 Å². The summed E-state index contributed by atoms with van der Waals surface area (Å²) in [4.78, 5) is 14.4. The number of hydrogen-bond acceptors (Lipinski definition) is 4. The van der Waals surface area contributed by atoms with Crippen molar-refractivity contribution >= 4 is 22.8 Å². The first-order valence-electron chi connectivity index (χ1n) is 6.86. The summed E-state index contributed by atoms with van der Waals surface area (Å²) in [6.45, 7) is 0. The highest BCUT2D eigenvalue weighted by molar-refractivity contribution is 8.13. The second-order valence-electron chi connectivity index (χ2n) is 5.36. The lowest BCUT2D eigenvalue weighted by Gasteiger charge is -2.20. The van der Waals surface area contributed by atoms with Crippen LogP contribution in [0.5, 0.6) is 0 Å². The molecule has 1 aliphatic rings. The van der Waals surface area contributed by atoms with Crippen LogP contribution in [-0.2, 0) is 12.6 Å². The summed E-state index contributed by atoms with van der Waals surface area (Å²) in [7, 11) is 0. The second kappa shape index (κ2) is 6.66. The fraction of sp³-hybridized carbons (Fsp3) is 0.500. The predicted octanol–water partition coefficient (Wildman–Crippen LogP) is 4.38. The lowest BCUT2D eigenvalue weighted by molar-refractivity contribution is -0.141. The number of hydrogen-bond donors (Lipinski definition) is 2. The van der Waals surface area contributed by atoms with Gasteiger partial charge in [-0.15, -0.1) is 11.8 Å². The largest absolute Gasteiger partial charge is 0.478 e. The van der Waals surface area contributed by atoms with Crippen LogP contribution in [0.2, 0.25) is 0 Å². The fourth-order valence-electron chi connectivity index (χ4n) is 2.42. The Hall–Kier alpha value is -1.71. The quantitative estimate of drug-likeness (QED) is 0.460. The predicted molar refractivity (Wildman–Crippen MR) is 77.9 cm³/mol. The van der Waals surface area contributed by atoms with Crippen molar-refractivity contribution in [3.05, 3.63) is 28.1 Å². The number of carbonyl (C=O) groups is 1. The van der Waals surface area contributed by atoms with Crippen LogP contribution in [0.25, 0.3) is 0 Å². The number of alkyl halides is 5. The molecule has 0 aromatic carbocycles. The Balaban J connectivity index is 2.88. The Bertz CT molecular complexity index is 687. The molecule has 10 heteroatoms. The third-order valence-corrected chi connectivity index (χ3v) is 4.25. The number of aromatic carboxylic acids is 1. The third-order valence-electron chi connectivity index (χ3n) is 3.64. The molecule has 0 amide bonds. The topological polar surface area (TPSA) is 74.0 Å². The van der Waals surface area contributed by atoms with E-state index in [0.29, 0.717) is 24.6 Å². The van der Waals surface area contributed by atoms with Crippen molar-refractivity contribution in [3.63, 3.8) is 0 Å². The van der Waals surface area contributed by atoms with Crippen LogP contribution in [0.1, 0.15) is 52.1 Å². The van der Waals surface area contributed by atoms with Gasteiger partial charge < -0.3 is 5.11 Å². The van der Waals surface area contributed by atoms with Crippen molar-refractivity contribution in [2.45, 2.75) is 31.9 Å². The zero-order valence-corrected chi connectivity index (χ0v) is 13.2. The molecule has 0 unspecified atom stereocenters. The molecule has 24 heavy (non-hydrogen) atoms. The van der Waals surface area contributed by atoms with Crippen molar-refractivity contribution in [1.29, 1.82) is 5.41 Å². The monoisotopic (exact) mass is 368 g/mol. The van der Waals surface area contributed by atoms with Crippen molar-refractivity contribution in [2.75, 3.05) is 6.26 Å². The standard InChI is InChI=1S/C14H13F5N2O2S/c1-24-12(20)8-6(4-5-2-3-5)7(13(22)23)9(11(15)16)21-10(8)14(17,18)19/h5,11,20H,2-4H2,1H3,(H,22,23). The minimum atomic E-state index is -5.07. The minimum absolute atomic E-state index is 0.0643. The highest BCUT2D eigenvalue weighted by Crippen LogP contribution is 2.41. The number of pyridine rings is 1. The molecular formula is C14H13F5N2O2S. The maximum absolute atomic E-state index is 13.3. The summed E-state index contributed by atoms with van der Waals surface area (Å²) in [5, 5.41) is 16.5. The van der Waals surface area contributed by atoms with Gasteiger partial charge in [0.2, 0.25) is 0 Å². The molecule has 0 radical (unpaired) electrons. The van der Waals surface area contributed by atoms with E-state index >= 15 is 0 Å². The zero-order valence-electron chi connectivity index (χ0n) is 12.4. The van der Waals surface area contributed by atoms with Gasteiger partial charge in [-0.25, -0.2) is 18.6 Å². The number of halogens is 5. The summed E-state index contributed by atoms with van der Waals surface area (Å²) in [5.41, 5.74) is -5.02. The number of nitrogens with zero attached hydrogens (tertiary/aromatic N) is 1. The molecule has 132 valence electrons. The molecule has 0 spiro atoms. The van der Waals surface area contributed by atoms with Crippen LogP contribution in [0, 0.1) is 11.3 Å². The summed E-state index contributed by atoms with van der Waals surface area (Å²) in [5.74, 6) is -1.83. The van der Waals surface area contributed by atoms with E-state index in [2.05, 4.69) is 4.98 Å². The molecule has 2 N–H and O–H groups in total. The molecule has 2 rings (SSSR count). The molecule has 1 heterocycles. The first-order valence-corrected chi connectivity index (χ1v) is 8.08. The zero-order chi connectivity index (χ0) is 18.2. The number of carboxylic acids is 1. The summed E-state index contributed by atoms with van der Waals surface area (Å²) in [6.07, 6.45) is -5.92. The van der Waals surface area contributed by atoms with E-state index in [1.807, 2.05) is 0 Å². The number of thioether (sulfide) groups is 1. The van der Waals surface area contributed by atoms with E-state index < -0.39 is 46.1 Å². The molecule has 1 fully saturated rings. The molecule has 0 aliphatic heterocycles. The Labute approximate surface area is 138 Å². The third kappa shape index (κ3) is 3.68. The van der Waals surface area contributed by atoms with Gasteiger partial charge in [0.1, 0.15) is 5.69 Å². The molecule has 1 aromatic heterocycles. The Morgan fingerprint density at radius 3 is 2.33 bits per heavy atom. The maximum Gasteiger partial charge on any atom is 0.434 e. The number of nitrogens with one attached hydrogen (secondary N) is 1. The van der Waals surface area contributed by atoms with Crippen molar-refractivity contribution < 1.29 is 31.9 Å². The van der Waals surface area contributed by atoms with E-state index in [1.165, 1.54) is 6.26 Å². The van der Waals surface area contributed by atoms with Gasteiger partial charge in [0.25, 0.3) is 6.43 Å². The van der Waals surface area contributed by atoms with Gasteiger partial charge >= 0.3 is 12.1 Å². The van der Waals surface area contributed by atoms with Gasteiger partial charge in [-0.3, -0.25) is 5.41 Å². The lowest BCUT2D eigenvalue weighted by atomic mass is 9.93. The van der Waals surface area contributed by atoms with E-state index in [1.54, 1.807) is 0 Å². The molecule has 1 aromatic rings. The summed E-state index contributed by atoms with van der Waals surface area (Å²) < 4.78 is 66.2. The summed E-state index contributed by atoms with van der Waals surface area (Å²) in [6, 6.07) is 0. The van der Waals surface area contributed by atoms with Gasteiger partial charge in [-0.05, 0) is 37.0 Å². The van der Waals surface area contributed by atoms with Crippen LogP contribution in [0.3, 0.4) is 0 Å². The Morgan fingerprint density at radius 1 is 1.38 bits per heavy atom. The van der Waals surface area contributed by atoms with Gasteiger partial charge in [-0.2, -0.15) is 13.2 Å². The molecule has 0 atom stereocenters. The van der Waals surface area contributed by atoms with Crippen molar-refractivity contribution in [3.8, 4) is 0 Å². The first-order chi connectivity index (χ1) is 11.1. The van der Waals surface area contributed by atoms with Gasteiger partial charge in [0, 0.05) is 5.56 Å². The first kappa shape index (κ1) is 18.6. The molecule has 0 saturated heterocycles. The smallest absolute Gasteiger partial charge is 0.434 e. The molecular weight excluding hydrogens is 355 g/mol. The molecule has 1 aliphatic carbocycles. The van der Waals surface area contributed by atoms with Crippen molar-refractivity contribution in [2.24, 2.45) is 5.92 Å². The lowest BCUT2D eigenvalue weighted by Crippen LogP contribution is -2.23. The number of rotatable bonds is 5. The average Bonchev–Trinajstić information content (AvgIpc) is 3.27. The Kier molecular flexibility index (Phi) is 5.17. The van der Waals surface area contributed by atoms with E-state index in [-0.39, 0.29) is 17.9 Å². The average molecular weight is 368 g/mol. The van der Waals surface area contributed by atoms with E-state index in [9.17, 15) is 31.9 Å². The van der Waals surface area contributed by atoms with E-state index in [4.69, 9.17) is 5.41 Å². The SMILES string of the molecule is CSC(=N)c1c(C(F)(F)F)nc(C(F)F)c(C(=O)O)c1CC1CC1. The van der Waals surface area contributed by atoms with E-state index in [0.717, 1.165) is 0 Å². The molecule has 0 bridgehead atoms. The van der Waals surface area contributed by atoms with Crippen LogP contribution < -0.4 is 0 Å². The molecule has 1 saturated carbocycles. The van der Waals surface area contributed by atoms with Gasteiger partial charge in [-0.1, -0.05) is 0 Å². The van der Waals surface area contributed by atoms with Crippen LogP contribution in [0.4, 0.5) is 22.0 Å². The highest BCUT2D eigenvalue weighted by Gasteiger charge is 2.42. The maximum atomic E-state index is 13.3. The summed E-state index contributed by atoms with van der Waals surface area (Å²) >= 11 is 0.667. The fourth-order valence-corrected chi connectivity index (χ4v) is 2.84. The molecule has 4 nitrogen and oxygen atoms in total.